The van der Waals surface area contributed by atoms with E-state index in [1.165, 1.54) is 0 Å². The number of carbonyl (C=O) groups is 1. The van der Waals surface area contributed by atoms with Crippen LogP contribution in [0.4, 0.5) is 0 Å². The van der Waals surface area contributed by atoms with Crippen LogP contribution >= 0.6 is 0 Å². The molecule has 4 rings (SSSR count). The molecule has 0 fully saturated rings. The third-order valence-corrected chi connectivity index (χ3v) is 3.55. The standard InChI is InChI=1S/C15H11NO2/c17-14-11-6-2-3-7-12(11)15-16(14)9-10-5-1-4-8-13(10)18-15/h1-8,15H,9H2. The van der Waals surface area contributed by atoms with Gasteiger partial charge in [0.2, 0.25) is 6.23 Å². The molecule has 88 valence electrons. The summed E-state index contributed by atoms with van der Waals surface area (Å²) in [4.78, 5) is 14.1. The van der Waals surface area contributed by atoms with E-state index in [-0.39, 0.29) is 12.1 Å². The number of rotatable bonds is 0. The van der Waals surface area contributed by atoms with Gasteiger partial charge in [-0.3, -0.25) is 9.69 Å². The molecule has 0 spiro atoms. The first-order valence-corrected chi connectivity index (χ1v) is 5.99. The highest BCUT2D eigenvalue weighted by atomic mass is 16.5. The van der Waals surface area contributed by atoms with Crippen molar-refractivity contribution in [2.75, 3.05) is 0 Å². The first kappa shape index (κ1) is 9.71. The van der Waals surface area contributed by atoms with E-state index in [2.05, 4.69) is 0 Å². The van der Waals surface area contributed by atoms with Crippen LogP contribution in [0.3, 0.4) is 0 Å². The number of ether oxygens (including phenoxy) is 1. The van der Waals surface area contributed by atoms with Gasteiger partial charge in [0.1, 0.15) is 5.75 Å². The van der Waals surface area contributed by atoms with Crippen LogP contribution in [0.1, 0.15) is 27.7 Å². The average Bonchev–Trinajstić information content (AvgIpc) is 2.71. The minimum atomic E-state index is -0.261. The Bertz CT molecular complexity index is 650. The van der Waals surface area contributed by atoms with Crippen molar-refractivity contribution >= 4 is 5.91 Å². The topological polar surface area (TPSA) is 29.5 Å². The van der Waals surface area contributed by atoms with Crippen molar-refractivity contribution in [2.24, 2.45) is 0 Å². The molecule has 0 aromatic heterocycles. The van der Waals surface area contributed by atoms with Crippen LogP contribution in [0, 0.1) is 0 Å². The first-order valence-electron chi connectivity index (χ1n) is 5.99. The average molecular weight is 237 g/mol. The number of para-hydroxylation sites is 1. The Morgan fingerprint density at radius 1 is 1.06 bits per heavy atom. The fourth-order valence-electron chi connectivity index (χ4n) is 2.67. The maximum Gasteiger partial charge on any atom is 0.257 e. The Balaban J connectivity index is 1.85. The maximum absolute atomic E-state index is 12.3. The molecule has 0 aliphatic carbocycles. The zero-order chi connectivity index (χ0) is 12.1. The largest absolute Gasteiger partial charge is 0.466 e. The molecule has 3 nitrogen and oxygen atoms in total. The predicted octanol–water partition coefficient (Wildman–Crippen LogP) is 2.73. The van der Waals surface area contributed by atoms with Crippen molar-refractivity contribution in [3.8, 4) is 5.75 Å². The van der Waals surface area contributed by atoms with E-state index in [9.17, 15) is 4.79 Å². The monoisotopic (exact) mass is 237 g/mol. The lowest BCUT2D eigenvalue weighted by molar-refractivity contribution is 0.0146. The van der Waals surface area contributed by atoms with E-state index in [0.717, 1.165) is 22.4 Å². The van der Waals surface area contributed by atoms with E-state index < -0.39 is 0 Å². The highest BCUT2D eigenvalue weighted by Crippen LogP contribution is 2.41. The maximum atomic E-state index is 12.3. The lowest BCUT2D eigenvalue weighted by atomic mass is 10.1. The second kappa shape index (κ2) is 3.35. The Hall–Kier alpha value is -2.29. The summed E-state index contributed by atoms with van der Waals surface area (Å²) in [6.45, 7) is 0.619. The van der Waals surface area contributed by atoms with Crippen molar-refractivity contribution in [3.05, 3.63) is 65.2 Å². The molecule has 1 unspecified atom stereocenters. The summed E-state index contributed by atoms with van der Waals surface area (Å²) in [6.07, 6.45) is -0.261. The van der Waals surface area contributed by atoms with Crippen molar-refractivity contribution in [3.63, 3.8) is 0 Å². The summed E-state index contributed by atoms with van der Waals surface area (Å²) >= 11 is 0. The molecule has 2 aliphatic heterocycles. The Kier molecular flexibility index (Phi) is 1.81. The van der Waals surface area contributed by atoms with Crippen LogP contribution in [0.15, 0.2) is 48.5 Å². The van der Waals surface area contributed by atoms with Gasteiger partial charge in [-0.05, 0) is 12.1 Å². The zero-order valence-electron chi connectivity index (χ0n) is 9.67. The first-order chi connectivity index (χ1) is 8.84. The summed E-state index contributed by atoms with van der Waals surface area (Å²) in [5, 5.41) is 0. The van der Waals surface area contributed by atoms with E-state index in [4.69, 9.17) is 4.74 Å². The number of benzene rings is 2. The molecule has 1 amide bonds. The molecule has 2 aliphatic rings. The Labute approximate surface area is 105 Å². The van der Waals surface area contributed by atoms with Crippen LogP contribution in [0.2, 0.25) is 0 Å². The smallest absolute Gasteiger partial charge is 0.257 e. The second-order valence-electron chi connectivity index (χ2n) is 4.60. The van der Waals surface area contributed by atoms with Gasteiger partial charge >= 0.3 is 0 Å². The molecule has 2 aromatic carbocycles. The molecular formula is C15H11NO2. The fourth-order valence-corrected chi connectivity index (χ4v) is 2.67. The number of nitrogens with zero attached hydrogens (tertiary/aromatic N) is 1. The van der Waals surface area contributed by atoms with Gasteiger partial charge in [0, 0.05) is 16.7 Å². The van der Waals surface area contributed by atoms with E-state index in [1.54, 1.807) is 4.90 Å². The number of fused-ring (bicyclic) bond motifs is 4. The molecule has 2 aromatic rings. The Morgan fingerprint density at radius 3 is 2.78 bits per heavy atom. The highest BCUT2D eigenvalue weighted by molar-refractivity contribution is 5.99. The summed E-state index contributed by atoms with van der Waals surface area (Å²) in [5.41, 5.74) is 2.79. The number of amides is 1. The van der Waals surface area contributed by atoms with E-state index in [1.807, 2.05) is 48.5 Å². The Morgan fingerprint density at radius 2 is 1.83 bits per heavy atom. The van der Waals surface area contributed by atoms with Gasteiger partial charge in [0.05, 0.1) is 6.54 Å². The number of hydrogen-bond donors (Lipinski definition) is 0. The molecule has 3 heteroatoms. The summed E-state index contributed by atoms with van der Waals surface area (Å²) in [6, 6.07) is 15.5. The summed E-state index contributed by atoms with van der Waals surface area (Å²) in [5.74, 6) is 0.938. The van der Waals surface area contributed by atoms with Crippen LogP contribution in [-0.4, -0.2) is 10.8 Å². The third-order valence-electron chi connectivity index (χ3n) is 3.55. The van der Waals surface area contributed by atoms with Crippen LogP contribution in [-0.2, 0) is 6.54 Å². The van der Waals surface area contributed by atoms with Gasteiger partial charge in [-0.15, -0.1) is 0 Å². The van der Waals surface area contributed by atoms with Crippen LogP contribution < -0.4 is 4.74 Å². The van der Waals surface area contributed by atoms with Gasteiger partial charge in [-0.2, -0.15) is 0 Å². The van der Waals surface area contributed by atoms with Gasteiger partial charge in [0.15, 0.2) is 0 Å². The molecule has 0 bridgehead atoms. The predicted molar refractivity (Wildman–Crippen MR) is 66.1 cm³/mol. The van der Waals surface area contributed by atoms with Crippen LogP contribution in [0.5, 0.6) is 5.75 Å². The lowest BCUT2D eigenvalue weighted by Gasteiger charge is -2.32. The molecule has 0 saturated carbocycles. The van der Waals surface area contributed by atoms with E-state index in [0.29, 0.717) is 6.54 Å². The van der Waals surface area contributed by atoms with E-state index >= 15 is 0 Å². The van der Waals surface area contributed by atoms with Gasteiger partial charge in [-0.1, -0.05) is 36.4 Å². The molecule has 2 heterocycles. The summed E-state index contributed by atoms with van der Waals surface area (Å²) in [7, 11) is 0. The minimum absolute atomic E-state index is 0.0603. The molecule has 0 N–H and O–H groups in total. The molecule has 18 heavy (non-hydrogen) atoms. The molecule has 1 atom stereocenters. The number of carbonyl (C=O) groups excluding carboxylic acids is 1. The van der Waals surface area contributed by atoms with Crippen molar-refractivity contribution in [1.82, 2.24) is 4.90 Å². The van der Waals surface area contributed by atoms with Crippen molar-refractivity contribution in [2.45, 2.75) is 12.8 Å². The lowest BCUT2D eigenvalue weighted by Crippen LogP contribution is -2.34. The zero-order valence-corrected chi connectivity index (χ0v) is 9.67. The second-order valence-corrected chi connectivity index (χ2v) is 4.60. The van der Waals surface area contributed by atoms with Crippen LogP contribution in [0.25, 0.3) is 0 Å². The molecular weight excluding hydrogens is 226 g/mol. The minimum Gasteiger partial charge on any atom is -0.466 e. The fraction of sp³-hybridized carbons (Fsp3) is 0.133. The number of hydrogen-bond acceptors (Lipinski definition) is 2. The van der Waals surface area contributed by atoms with Gasteiger partial charge < -0.3 is 4.74 Å². The summed E-state index contributed by atoms with van der Waals surface area (Å²) < 4.78 is 5.96. The van der Waals surface area contributed by atoms with Gasteiger partial charge in [-0.25, -0.2) is 0 Å². The molecule has 0 saturated heterocycles. The van der Waals surface area contributed by atoms with Gasteiger partial charge in [0.25, 0.3) is 5.91 Å². The van der Waals surface area contributed by atoms with Crippen molar-refractivity contribution < 1.29 is 9.53 Å². The molecule has 0 radical (unpaired) electrons. The van der Waals surface area contributed by atoms with Crippen molar-refractivity contribution in [1.29, 1.82) is 0 Å². The normalized spacial score (nSPS) is 19.9. The quantitative estimate of drug-likeness (QED) is 0.705. The SMILES string of the molecule is O=C1c2ccccc2C2Oc3ccccc3CN12. The third kappa shape index (κ3) is 1.16. The highest BCUT2D eigenvalue weighted by Gasteiger charge is 2.40.